The van der Waals surface area contributed by atoms with Crippen molar-refractivity contribution in [2.24, 2.45) is 0 Å². The van der Waals surface area contributed by atoms with Crippen LogP contribution in [0.2, 0.25) is 0 Å². The number of carbonyl (C=O) groups excluding carboxylic acids is 1. The zero-order valence-corrected chi connectivity index (χ0v) is 12.1. The molecule has 0 unspecified atom stereocenters. The summed E-state index contributed by atoms with van der Waals surface area (Å²) in [5.41, 5.74) is 0.0556. The molecule has 0 fully saturated rings. The van der Waals surface area contributed by atoms with Gasteiger partial charge in [0.1, 0.15) is 11.6 Å². The van der Waals surface area contributed by atoms with Gasteiger partial charge in [-0.15, -0.1) is 11.8 Å². The van der Waals surface area contributed by atoms with E-state index >= 15 is 0 Å². The minimum absolute atomic E-state index is 0.0556. The predicted octanol–water partition coefficient (Wildman–Crippen LogP) is 4.70. The SMILES string of the molecule is O=C(CSc1cccc(Br)c1)c1cc(F)cc(F)c1. The quantitative estimate of drug-likeness (QED) is 0.591. The lowest BCUT2D eigenvalue weighted by atomic mass is 10.1. The van der Waals surface area contributed by atoms with E-state index in [4.69, 9.17) is 0 Å². The minimum Gasteiger partial charge on any atom is -0.293 e. The third kappa shape index (κ3) is 4.14. The molecule has 2 aromatic carbocycles. The maximum atomic E-state index is 13.0. The number of carbonyl (C=O) groups is 1. The van der Waals surface area contributed by atoms with Crippen LogP contribution in [0.5, 0.6) is 0 Å². The van der Waals surface area contributed by atoms with Gasteiger partial charge in [-0.05, 0) is 30.3 Å². The molecule has 19 heavy (non-hydrogen) atoms. The summed E-state index contributed by atoms with van der Waals surface area (Å²) < 4.78 is 26.9. The Hall–Kier alpha value is -1.20. The van der Waals surface area contributed by atoms with Gasteiger partial charge in [-0.25, -0.2) is 8.78 Å². The highest BCUT2D eigenvalue weighted by molar-refractivity contribution is 9.10. The van der Waals surface area contributed by atoms with Crippen LogP contribution in [-0.2, 0) is 0 Å². The van der Waals surface area contributed by atoms with Crippen molar-refractivity contribution < 1.29 is 13.6 Å². The van der Waals surface area contributed by atoms with Gasteiger partial charge in [0.2, 0.25) is 0 Å². The van der Waals surface area contributed by atoms with E-state index in [2.05, 4.69) is 15.9 Å². The van der Waals surface area contributed by atoms with Crippen molar-refractivity contribution in [3.63, 3.8) is 0 Å². The second-order valence-corrected chi connectivity index (χ2v) is 5.79. The van der Waals surface area contributed by atoms with Crippen LogP contribution in [0.15, 0.2) is 51.8 Å². The summed E-state index contributed by atoms with van der Waals surface area (Å²) in [7, 11) is 0. The zero-order valence-electron chi connectivity index (χ0n) is 9.70. The maximum absolute atomic E-state index is 13.0. The van der Waals surface area contributed by atoms with Gasteiger partial charge in [-0.2, -0.15) is 0 Å². The molecule has 0 aromatic heterocycles. The molecular formula is C14H9BrF2OS. The third-order valence-electron chi connectivity index (χ3n) is 2.35. The first kappa shape index (κ1) is 14.2. The lowest BCUT2D eigenvalue weighted by molar-refractivity contribution is 0.102. The van der Waals surface area contributed by atoms with E-state index < -0.39 is 11.6 Å². The number of halogens is 3. The molecule has 0 aliphatic heterocycles. The monoisotopic (exact) mass is 342 g/mol. The van der Waals surface area contributed by atoms with Crippen molar-refractivity contribution in [2.75, 3.05) is 5.75 Å². The molecule has 0 atom stereocenters. The molecule has 0 spiro atoms. The van der Waals surface area contributed by atoms with Gasteiger partial charge in [-0.3, -0.25) is 4.79 Å². The van der Waals surface area contributed by atoms with Crippen LogP contribution in [0.4, 0.5) is 8.78 Å². The third-order valence-corrected chi connectivity index (χ3v) is 3.84. The van der Waals surface area contributed by atoms with Crippen molar-refractivity contribution in [1.82, 2.24) is 0 Å². The average molecular weight is 343 g/mol. The number of benzene rings is 2. The second kappa shape index (κ2) is 6.30. The number of thioether (sulfide) groups is 1. The molecule has 0 radical (unpaired) electrons. The fourth-order valence-corrected chi connectivity index (χ4v) is 2.90. The Labute approximate surface area is 122 Å². The lowest BCUT2D eigenvalue weighted by Gasteiger charge is -2.03. The highest BCUT2D eigenvalue weighted by atomic mass is 79.9. The van der Waals surface area contributed by atoms with Crippen LogP contribution < -0.4 is 0 Å². The van der Waals surface area contributed by atoms with Gasteiger partial charge in [0.05, 0.1) is 5.75 Å². The summed E-state index contributed by atoms with van der Waals surface area (Å²) in [5, 5.41) is 0. The van der Waals surface area contributed by atoms with E-state index in [1.165, 1.54) is 11.8 Å². The van der Waals surface area contributed by atoms with E-state index in [0.29, 0.717) is 0 Å². The number of hydrogen-bond acceptors (Lipinski definition) is 2. The first-order valence-electron chi connectivity index (χ1n) is 5.42. The molecule has 98 valence electrons. The largest absolute Gasteiger partial charge is 0.293 e. The molecule has 0 saturated heterocycles. The first-order valence-corrected chi connectivity index (χ1v) is 7.20. The van der Waals surface area contributed by atoms with Crippen LogP contribution >= 0.6 is 27.7 Å². The van der Waals surface area contributed by atoms with Gasteiger partial charge in [0.15, 0.2) is 5.78 Å². The van der Waals surface area contributed by atoms with Crippen molar-refractivity contribution >= 4 is 33.5 Å². The standard InChI is InChI=1S/C14H9BrF2OS/c15-10-2-1-3-13(6-10)19-8-14(18)9-4-11(16)7-12(17)5-9/h1-7H,8H2. The van der Waals surface area contributed by atoms with Gasteiger partial charge in [0, 0.05) is 21.0 Å². The Kier molecular flexibility index (Phi) is 4.71. The number of Topliss-reactive ketones (excluding diaryl/α,β-unsaturated/α-hetero) is 1. The van der Waals surface area contributed by atoms with Crippen molar-refractivity contribution in [2.45, 2.75) is 4.90 Å². The van der Waals surface area contributed by atoms with E-state index in [1.54, 1.807) is 0 Å². The van der Waals surface area contributed by atoms with Crippen molar-refractivity contribution in [3.05, 3.63) is 64.1 Å². The van der Waals surface area contributed by atoms with E-state index in [1.807, 2.05) is 24.3 Å². The molecule has 2 aromatic rings. The minimum atomic E-state index is -0.740. The Morgan fingerprint density at radius 2 is 1.79 bits per heavy atom. The number of hydrogen-bond donors (Lipinski definition) is 0. The molecule has 2 rings (SSSR count). The van der Waals surface area contributed by atoms with Gasteiger partial charge in [-0.1, -0.05) is 22.0 Å². The molecule has 1 nitrogen and oxygen atoms in total. The zero-order chi connectivity index (χ0) is 13.8. The maximum Gasteiger partial charge on any atom is 0.173 e. The highest BCUT2D eigenvalue weighted by Crippen LogP contribution is 2.23. The molecule has 0 N–H and O–H groups in total. The van der Waals surface area contributed by atoms with Gasteiger partial charge >= 0.3 is 0 Å². The van der Waals surface area contributed by atoms with Crippen molar-refractivity contribution in [1.29, 1.82) is 0 Å². The molecule has 0 aliphatic rings. The number of ketones is 1. The normalized spacial score (nSPS) is 10.5. The van der Waals surface area contributed by atoms with Crippen molar-refractivity contribution in [3.8, 4) is 0 Å². The smallest absolute Gasteiger partial charge is 0.173 e. The summed E-state index contributed by atoms with van der Waals surface area (Å²) in [5.74, 6) is -1.64. The van der Waals surface area contributed by atoms with Gasteiger partial charge < -0.3 is 0 Å². The van der Waals surface area contributed by atoms with Gasteiger partial charge in [0.25, 0.3) is 0 Å². The van der Waals surface area contributed by atoms with Crippen LogP contribution in [0.3, 0.4) is 0 Å². The Morgan fingerprint density at radius 3 is 2.42 bits per heavy atom. The van der Waals surface area contributed by atoms with E-state index in [9.17, 15) is 13.6 Å². The van der Waals surface area contributed by atoms with Crippen LogP contribution in [0, 0.1) is 11.6 Å². The topological polar surface area (TPSA) is 17.1 Å². The summed E-state index contributed by atoms with van der Waals surface area (Å²) >= 11 is 4.66. The molecule has 0 saturated carbocycles. The number of rotatable bonds is 4. The summed E-state index contributed by atoms with van der Waals surface area (Å²) in [6.45, 7) is 0. The second-order valence-electron chi connectivity index (χ2n) is 3.83. The summed E-state index contributed by atoms with van der Waals surface area (Å²) in [4.78, 5) is 12.8. The molecule has 0 amide bonds. The molecule has 0 aliphatic carbocycles. The van der Waals surface area contributed by atoms with E-state index in [0.717, 1.165) is 27.6 Å². The molecule has 5 heteroatoms. The lowest BCUT2D eigenvalue weighted by Crippen LogP contribution is -2.03. The Bertz CT molecular complexity index is 596. The summed E-state index contributed by atoms with van der Waals surface area (Å²) in [6, 6.07) is 10.3. The highest BCUT2D eigenvalue weighted by Gasteiger charge is 2.10. The molecule has 0 bridgehead atoms. The molecule has 0 heterocycles. The van der Waals surface area contributed by atoms with Crippen LogP contribution in [-0.4, -0.2) is 11.5 Å². The van der Waals surface area contributed by atoms with Crippen LogP contribution in [0.25, 0.3) is 0 Å². The Morgan fingerprint density at radius 1 is 1.11 bits per heavy atom. The van der Waals surface area contributed by atoms with E-state index in [-0.39, 0.29) is 17.1 Å². The predicted molar refractivity (Wildman–Crippen MR) is 75.6 cm³/mol. The Balaban J connectivity index is 2.05. The molecular weight excluding hydrogens is 334 g/mol. The summed E-state index contributed by atoms with van der Waals surface area (Å²) in [6.07, 6.45) is 0. The first-order chi connectivity index (χ1) is 9.04. The average Bonchev–Trinajstić information content (AvgIpc) is 2.35. The fraction of sp³-hybridized carbons (Fsp3) is 0.0714. The fourth-order valence-electron chi connectivity index (χ4n) is 1.50. The van der Waals surface area contributed by atoms with Crippen LogP contribution in [0.1, 0.15) is 10.4 Å².